The lowest BCUT2D eigenvalue weighted by molar-refractivity contribution is 0.0584. The quantitative estimate of drug-likeness (QED) is 0.659. The average molecular weight is 189 g/mol. The van der Waals surface area contributed by atoms with Gasteiger partial charge in [-0.2, -0.15) is 5.26 Å². The van der Waals surface area contributed by atoms with Gasteiger partial charge in [0.25, 0.3) is 0 Å². The van der Waals surface area contributed by atoms with Gasteiger partial charge in [-0.15, -0.1) is 0 Å². The zero-order valence-corrected chi connectivity index (χ0v) is 7.70. The standard InChI is InChI=1S/C10H11N3O/c11-5-8-6-12-3-1-9(8)10(14)2-4-13-7-10/h1,3,6,13-14H,2,4,7H2. The Bertz CT molecular complexity index is 377. The van der Waals surface area contributed by atoms with Crippen molar-refractivity contribution in [2.45, 2.75) is 12.0 Å². The number of hydrogen-bond donors (Lipinski definition) is 2. The van der Waals surface area contributed by atoms with Crippen LogP contribution in [-0.2, 0) is 5.60 Å². The van der Waals surface area contributed by atoms with Crippen LogP contribution in [0, 0.1) is 11.3 Å². The topological polar surface area (TPSA) is 68.9 Å². The molecule has 0 bridgehead atoms. The van der Waals surface area contributed by atoms with Gasteiger partial charge in [0.05, 0.1) is 5.56 Å². The maximum Gasteiger partial charge on any atom is 0.105 e. The number of hydrogen-bond acceptors (Lipinski definition) is 4. The average Bonchev–Trinajstić information content (AvgIpc) is 2.66. The molecular weight excluding hydrogens is 178 g/mol. The fraction of sp³-hybridized carbons (Fsp3) is 0.400. The van der Waals surface area contributed by atoms with E-state index < -0.39 is 5.60 Å². The molecule has 1 saturated heterocycles. The van der Waals surface area contributed by atoms with Crippen molar-refractivity contribution < 1.29 is 5.11 Å². The van der Waals surface area contributed by atoms with Gasteiger partial charge in [0.1, 0.15) is 11.7 Å². The van der Waals surface area contributed by atoms with Crippen molar-refractivity contribution >= 4 is 0 Å². The maximum absolute atomic E-state index is 10.2. The SMILES string of the molecule is N#Cc1cnccc1C1(O)CCNC1. The van der Waals surface area contributed by atoms with Crippen LogP contribution in [0.2, 0.25) is 0 Å². The molecule has 4 nitrogen and oxygen atoms in total. The molecule has 2 N–H and O–H groups in total. The van der Waals surface area contributed by atoms with Crippen LogP contribution in [0.5, 0.6) is 0 Å². The summed E-state index contributed by atoms with van der Waals surface area (Å²) in [5.74, 6) is 0. The van der Waals surface area contributed by atoms with E-state index >= 15 is 0 Å². The summed E-state index contributed by atoms with van der Waals surface area (Å²) >= 11 is 0. The molecule has 1 aromatic rings. The summed E-state index contributed by atoms with van der Waals surface area (Å²) in [6, 6.07) is 3.76. The van der Waals surface area contributed by atoms with Crippen LogP contribution < -0.4 is 5.32 Å². The zero-order chi connectivity index (χ0) is 10.0. The van der Waals surface area contributed by atoms with Crippen LogP contribution in [0.1, 0.15) is 17.5 Å². The fourth-order valence-electron chi connectivity index (χ4n) is 1.80. The number of aromatic nitrogens is 1. The molecule has 0 spiro atoms. The molecule has 0 aromatic carbocycles. The van der Waals surface area contributed by atoms with E-state index in [1.807, 2.05) is 6.07 Å². The molecule has 2 heterocycles. The van der Waals surface area contributed by atoms with E-state index in [1.165, 1.54) is 6.20 Å². The molecule has 1 unspecified atom stereocenters. The van der Waals surface area contributed by atoms with Gasteiger partial charge < -0.3 is 10.4 Å². The Hall–Kier alpha value is -1.44. The van der Waals surface area contributed by atoms with Gasteiger partial charge in [-0.1, -0.05) is 0 Å². The molecular formula is C10H11N3O. The molecule has 4 heteroatoms. The second-order valence-electron chi connectivity index (χ2n) is 3.49. The first-order chi connectivity index (χ1) is 6.76. The van der Waals surface area contributed by atoms with Gasteiger partial charge in [-0.25, -0.2) is 0 Å². The third-order valence-electron chi connectivity index (χ3n) is 2.58. The van der Waals surface area contributed by atoms with Crippen molar-refractivity contribution in [2.75, 3.05) is 13.1 Å². The minimum Gasteiger partial charge on any atom is -0.384 e. The Morgan fingerprint density at radius 1 is 1.64 bits per heavy atom. The Balaban J connectivity index is 2.45. The lowest BCUT2D eigenvalue weighted by Gasteiger charge is -2.22. The largest absolute Gasteiger partial charge is 0.384 e. The fourth-order valence-corrected chi connectivity index (χ4v) is 1.80. The van der Waals surface area contributed by atoms with Gasteiger partial charge in [0.15, 0.2) is 0 Å². The van der Waals surface area contributed by atoms with Gasteiger partial charge in [0.2, 0.25) is 0 Å². The van der Waals surface area contributed by atoms with Crippen LogP contribution in [0.3, 0.4) is 0 Å². The van der Waals surface area contributed by atoms with Crippen LogP contribution in [0.4, 0.5) is 0 Å². The molecule has 0 radical (unpaired) electrons. The van der Waals surface area contributed by atoms with E-state index in [1.54, 1.807) is 12.3 Å². The first-order valence-corrected chi connectivity index (χ1v) is 4.54. The highest BCUT2D eigenvalue weighted by Crippen LogP contribution is 2.29. The summed E-state index contributed by atoms with van der Waals surface area (Å²) in [5, 5.41) is 22.2. The molecule has 1 aromatic heterocycles. The molecule has 1 aliphatic rings. The normalized spacial score (nSPS) is 26.0. The minimum atomic E-state index is -0.895. The monoisotopic (exact) mass is 189 g/mol. The van der Waals surface area contributed by atoms with Crippen LogP contribution in [0.15, 0.2) is 18.5 Å². The van der Waals surface area contributed by atoms with Crippen molar-refractivity contribution in [1.29, 1.82) is 5.26 Å². The smallest absolute Gasteiger partial charge is 0.105 e. The number of rotatable bonds is 1. The third kappa shape index (κ3) is 1.37. The van der Waals surface area contributed by atoms with Gasteiger partial charge in [0, 0.05) is 24.5 Å². The molecule has 72 valence electrons. The minimum absolute atomic E-state index is 0.457. The van der Waals surface area contributed by atoms with Crippen LogP contribution in [-0.4, -0.2) is 23.2 Å². The van der Waals surface area contributed by atoms with Gasteiger partial charge >= 0.3 is 0 Å². The Morgan fingerprint density at radius 3 is 3.14 bits per heavy atom. The molecule has 2 rings (SSSR count). The van der Waals surface area contributed by atoms with Gasteiger partial charge in [-0.05, 0) is 19.0 Å². The van der Waals surface area contributed by atoms with E-state index in [4.69, 9.17) is 5.26 Å². The summed E-state index contributed by atoms with van der Waals surface area (Å²) in [5.41, 5.74) is 0.243. The first-order valence-electron chi connectivity index (χ1n) is 4.54. The van der Waals surface area contributed by atoms with Crippen molar-refractivity contribution in [1.82, 2.24) is 10.3 Å². The molecule has 1 atom stereocenters. The predicted molar refractivity (Wildman–Crippen MR) is 50.3 cm³/mol. The number of pyridine rings is 1. The highest BCUT2D eigenvalue weighted by molar-refractivity contribution is 5.39. The summed E-state index contributed by atoms with van der Waals surface area (Å²) in [4.78, 5) is 3.86. The molecule has 1 aliphatic heterocycles. The molecule has 0 amide bonds. The maximum atomic E-state index is 10.2. The molecule has 0 saturated carbocycles. The van der Waals surface area contributed by atoms with E-state index in [0.29, 0.717) is 24.1 Å². The molecule has 1 fully saturated rings. The first kappa shape index (κ1) is 9.13. The van der Waals surface area contributed by atoms with E-state index in [2.05, 4.69) is 10.3 Å². The Morgan fingerprint density at radius 2 is 2.50 bits per heavy atom. The van der Waals surface area contributed by atoms with E-state index in [-0.39, 0.29) is 0 Å². The van der Waals surface area contributed by atoms with Crippen molar-refractivity contribution in [2.24, 2.45) is 0 Å². The second-order valence-corrected chi connectivity index (χ2v) is 3.49. The summed E-state index contributed by atoms with van der Waals surface area (Å²) in [7, 11) is 0. The zero-order valence-electron chi connectivity index (χ0n) is 7.70. The highest BCUT2D eigenvalue weighted by Gasteiger charge is 2.34. The number of aliphatic hydroxyl groups is 1. The van der Waals surface area contributed by atoms with Crippen LogP contribution >= 0.6 is 0 Å². The van der Waals surface area contributed by atoms with Crippen molar-refractivity contribution in [3.8, 4) is 6.07 Å². The summed E-state index contributed by atoms with van der Waals surface area (Å²) in [6.07, 6.45) is 3.74. The van der Waals surface area contributed by atoms with Crippen molar-refractivity contribution in [3.05, 3.63) is 29.6 Å². The van der Waals surface area contributed by atoms with E-state index in [9.17, 15) is 5.11 Å². The molecule has 0 aliphatic carbocycles. The highest BCUT2D eigenvalue weighted by atomic mass is 16.3. The predicted octanol–water partition coefficient (Wildman–Crippen LogP) is 0.134. The van der Waals surface area contributed by atoms with Crippen molar-refractivity contribution in [3.63, 3.8) is 0 Å². The van der Waals surface area contributed by atoms with Crippen LogP contribution in [0.25, 0.3) is 0 Å². The Labute approximate surface area is 82.2 Å². The number of nitrogens with one attached hydrogen (secondary N) is 1. The Kier molecular flexibility index (Phi) is 2.20. The number of β-amino-alcohol motifs (C(OH)–C–C–N with tert-alkyl or cyclic N) is 1. The molecule has 14 heavy (non-hydrogen) atoms. The second kappa shape index (κ2) is 3.37. The van der Waals surface area contributed by atoms with Gasteiger partial charge in [-0.3, -0.25) is 4.98 Å². The number of nitriles is 1. The summed E-state index contributed by atoms with van der Waals surface area (Å²) in [6.45, 7) is 1.29. The lowest BCUT2D eigenvalue weighted by Crippen LogP contribution is -2.29. The summed E-state index contributed by atoms with van der Waals surface area (Å²) < 4.78 is 0. The third-order valence-corrected chi connectivity index (χ3v) is 2.58. The number of nitrogens with zero attached hydrogens (tertiary/aromatic N) is 2. The van der Waals surface area contributed by atoms with E-state index in [0.717, 1.165) is 6.54 Å². The lowest BCUT2D eigenvalue weighted by atomic mass is 9.91.